The van der Waals surface area contributed by atoms with Gasteiger partial charge in [-0.1, -0.05) is 13.8 Å². The zero-order valence-corrected chi connectivity index (χ0v) is 9.57. The number of benzene rings is 1. The van der Waals surface area contributed by atoms with Crippen molar-refractivity contribution in [3.05, 3.63) is 39.7 Å². The van der Waals surface area contributed by atoms with Crippen LogP contribution in [-0.4, -0.2) is 17.4 Å². The summed E-state index contributed by atoms with van der Waals surface area (Å²) in [5, 5.41) is 13.2. The summed E-state index contributed by atoms with van der Waals surface area (Å²) in [6.45, 7) is 4.16. The minimum Gasteiger partial charge on any atom is -0.352 e. The standard InChI is InChI=1S/C11H13FN2O3/c1-7(2)6-13-11(15)9-5-8(12)3-4-10(9)14(16)17/h3-5,7H,6H2,1-2H3,(H,13,15). The molecule has 0 aliphatic rings. The molecule has 6 heteroatoms. The Bertz CT molecular complexity index is 446. The van der Waals surface area contributed by atoms with Crippen LogP contribution in [0.3, 0.4) is 0 Å². The Kier molecular flexibility index (Phi) is 4.14. The minimum absolute atomic E-state index is 0.214. The SMILES string of the molecule is CC(C)CNC(=O)c1cc(F)ccc1[N+](=O)[O-]. The lowest BCUT2D eigenvalue weighted by Gasteiger charge is -2.07. The fourth-order valence-corrected chi connectivity index (χ4v) is 1.24. The summed E-state index contributed by atoms with van der Waals surface area (Å²) < 4.78 is 13.0. The van der Waals surface area contributed by atoms with Gasteiger partial charge in [-0.05, 0) is 18.1 Å². The van der Waals surface area contributed by atoms with Crippen molar-refractivity contribution in [2.75, 3.05) is 6.54 Å². The molecular weight excluding hydrogens is 227 g/mol. The molecule has 0 fully saturated rings. The molecule has 0 unspecified atom stereocenters. The van der Waals surface area contributed by atoms with E-state index in [-0.39, 0.29) is 11.5 Å². The van der Waals surface area contributed by atoms with E-state index in [1.54, 1.807) is 0 Å². The second kappa shape index (κ2) is 5.38. The van der Waals surface area contributed by atoms with Crippen LogP contribution in [0.1, 0.15) is 24.2 Å². The lowest BCUT2D eigenvalue weighted by molar-refractivity contribution is -0.385. The topological polar surface area (TPSA) is 72.2 Å². The van der Waals surface area contributed by atoms with Crippen LogP contribution in [0.5, 0.6) is 0 Å². The van der Waals surface area contributed by atoms with Gasteiger partial charge < -0.3 is 5.32 Å². The van der Waals surface area contributed by atoms with Crippen LogP contribution in [0.25, 0.3) is 0 Å². The largest absolute Gasteiger partial charge is 0.352 e. The summed E-state index contributed by atoms with van der Waals surface area (Å²) in [6, 6.07) is 2.81. The predicted octanol–water partition coefficient (Wildman–Crippen LogP) is 2.12. The van der Waals surface area contributed by atoms with E-state index < -0.39 is 22.3 Å². The summed E-state index contributed by atoms with van der Waals surface area (Å²) in [5.74, 6) is -1.10. The summed E-state index contributed by atoms with van der Waals surface area (Å²) in [4.78, 5) is 21.6. The molecule has 0 aliphatic carbocycles. The highest BCUT2D eigenvalue weighted by Crippen LogP contribution is 2.19. The summed E-state index contributed by atoms with van der Waals surface area (Å²) >= 11 is 0. The van der Waals surface area contributed by atoms with Crippen molar-refractivity contribution < 1.29 is 14.1 Å². The van der Waals surface area contributed by atoms with Crippen LogP contribution in [-0.2, 0) is 0 Å². The van der Waals surface area contributed by atoms with Gasteiger partial charge in [0.2, 0.25) is 0 Å². The summed E-state index contributed by atoms with van der Waals surface area (Å²) in [7, 11) is 0. The van der Waals surface area contributed by atoms with E-state index in [9.17, 15) is 19.3 Å². The van der Waals surface area contributed by atoms with Crippen molar-refractivity contribution in [2.24, 2.45) is 5.92 Å². The molecule has 0 heterocycles. The Hall–Kier alpha value is -1.98. The molecule has 0 spiro atoms. The molecule has 5 nitrogen and oxygen atoms in total. The van der Waals surface area contributed by atoms with Gasteiger partial charge in [0.1, 0.15) is 11.4 Å². The fourth-order valence-electron chi connectivity index (χ4n) is 1.24. The third-order valence-electron chi connectivity index (χ3n) is 2.07. The van der Waals surface area contributed by atoms with Gasteiger partial charge in [-0.2, -0.15) is 0 Å². The van der Waals surface area contributed by atoms with E-state index in [0.717, 1.165) is 18.2 Å². The maximum atomic E-state index is 13.0. The van der Waals surface area contributed by atoms with E-state index >= 15 is 0 Å². The highest BCUT2D eigenvalue weighted by molar-refractivity contribution is 5.98. The number of nitrogens with zero attached hydrogens (tertiary/aromatic N) is 1. The van der Waals surface area contributed by atoms with Crippen LogP contribution in [0.2, 0.25) is 0 Å². The molecule has 1 aromatic rings. The number of nitrogens with one attached hydrogen (secondary N) is 1. The number of nitro benzene ring substituents is 1. The van der Waals surface area contributed by atoms with Gasteiger partial charge in [-0.3, -0.25) is 14.9 Å². The van der Waals surface area contributed by atoms with Gasteiger partial charge in [-0.15, -0.1) is 0 Å². The molecule has 1 rings (SSSR count). The molecular formula is C11H13FN2O3. The number of hydrogen-bond donors (Lipinski definition) is 1. The predicted molar refractivity (Wildman–Crippen MR) is 60.2 cm³/mol. The Labute approximate surface area is 97.8 Å². The quantitative estimate of drug-likeness (QED) is 0.647. The zero-order chi connectivity index (χ0) is 13.0. The first kappa shape index (κ1) is 13.1. The van der Waals surface area contributed by atoms with Gasteiger partial charge in [-0.25, -0.2) is 4.39 Å². The Morgan fingerprint density at radius 2 is 2.18 bits per heavy atom. The number of nitro groups is 1. The molecule has 17 heavy (non-hydrogen) atoms. The third-order valence-corrected chi connectivity index (χ3v) is 2.07. The normalized spacial score (nSPS) is 10.4. The number of halogens is 1. The van der Waals surface area contributed by atoms with E-state index in [4.69, 9.17) is 0 Å². The van der Waals surface area contributed by atoms with Crippen molar-refractivity contribution >= 4 is 11.6 Å². The molecule has 1 aromatic carbocycles. The average molecular weight is 240 g/mol. The van der Waals surface area contributed by atoms with Crippen LogP contribution in [0.4, 0.5) is 10.1 Å². The van der Waals surface area contributed by atoms with Gasteiger partial charge in [0, 0.05) is 12.6 Å². The maximum Gasteiger partial charge on any atom is 0.282 e. The molecule has 92 valence electrons. The van der Waals surface area contributed by atoms with Gasteiger partial charge in [0.05, 0.1) is 4.92 Å². The monoisotopic (exact) mass is 240 g/mol. The number of amides is 1. The van der Waals surface area contributed by atoms with Crippen LogP contribution in [0, 0.1) is 21.8 Å². The lowest BCUT2D eigenvalue weighted by Crippen LogP contribution is -2.28. The zero-order valence-electron chi connectivity index (χ0n) is 9.57. The fraction of sp³-hybridized carbons (Fsp3) is 0.364. The molecule has 0 aliphatic heterocycles. The van der Waals surface area contributed by atoms with Crippen molar-refractivity contribution in [3.63, 3.8) is 0 Å². The smallest absolute Gasteiger partial charge is 0.282 e. The van der Waals surface area contributed by atoms with Crippen molar-refractivity contribution in [1.29, 1.82) is 0 Å². The van der Waals surface area contributed by atoms with Gasteiger partial charge in [0.15, 0.2) is 0 Å². The molecule has 1 N–H and O–H groups in total. The second-order valence-corrected chi connectivity index (χ2v) is 4.02. The third kappa shape index (κ3) is 3.51. The maximum absolute atomic E-state index is 13.0. The molecule has 1 amide bonds. The average Bonchev–Trinajstić information content (AvgIpc) is 2.25. The Morgan fingerprint density at radius 3 is 2.71 bits per heavy atom. The van der Waals surface area contributed by atoms with Crippen molar-refractivity contribution in [2.45, 2.75) is 13.8 Å². The minimum atomic E-state index is -0.705. The number of rotatable bonds is 4. The highest BCUT2D eigenvalue weighted by atomic mass is 19.1. The van der Waals surface area contributed by atoms with Crippen LogP contribution >= 0.6 is 0 Å². The van der Waals surface area contributed by atoms with Gasteiger partial charge in [0.25, 0.3) is 11.6 Å². The van der Waals surface area contributed by atoms with E-state index in [2.05, 4.69) is 5.32 Å². The molecule has 0 radical (unpaired) electrons. The molecule has 0 saturated carbocycles. The number of carbonyl (C=O) groups is 1. The van der Waals surface area contributed by atoms with Crippen LogP contribution in [0.15, 0.2) is 18.2 Å². The second-order valence-electron chi connectivity index (χ2n) is 4.02. The Balaban J connectivity index is 2.98. The van der Waals surface area contributed by atoms with Gasteiger partial charge >= 0.3 is 0 Å². The molecule has 0 aromatic heterocycles. The first-order valence-electron chi connectivity index (χ1n) is 5.14. The number of hydrogen-bond acceptors (Lipinski definition) is 3. The molecule has 0 saturated heterocycles. The number of carbonyl (C=O) groups excluding carboxylic acids is 1. The first-order valence-corrected chi connectivity index (χ1v) is 5.14. The summed E-state index contributed by atoms with van der Waals surface area (Å²) in [5.41, 5.74) is -0.650. The van der Waals surface area contributed by atoms with Crippen molar-refractivity contribution in [3.8, 4) is 0 Å². The highest BCUT2D eigenvalue weighted by Gasteiger charge is 2.20. The van der Waals surface area contributed by atoms with Crippen molar-refractivity contribution in [1.82, 2.24) is 5.32 Å². The van der Waals surface area contributed by atoms with E-state index in [1.165, 1.54) is 0 Å². The van der Waals surface area contributed by atoms with Crippen LogP contribution < -0.4 is 5.32 Å². The molecule has 0 bridgehead atoms. The lowest BCUT2D eigenvalue weighted by atomic mass is 10.1. The molecule has 0 atom stereocenters. The summed E-state index contributed by atoms with van der Waals surface area (Å²) in [6.07, 6.45) is 0. The first-order chi connectivity index (χ1) is 7.91. The Morgan fingerprint density at radius 1 is 1.53 bits per heavy atom. The van der Waals surface area contributed by atoms with E-state index in [1.807, 2.05) is 13.8 Å². The van der Waals surface area contributed by atoms with E-state index in [0.29, 0.717) is 6.54 Å².